The molecule has 0 fully saturated rings. The van der Waals surface area contributed by atoms with Gasteiger partial charge in [-0.2, -0.15) is 0 Å². The fourth-order valence-corrected chi connectivity index (χ4v) is 1.39. The van der Waals surface area contributed by atoms with Gasteiger partial charge in [0, 0.05) is 6.54 Å². The van der Waals surface area contributed by atoms with Crippen LogP contribution in [0.3, 0.4) is 0 Å². The summed E-state index contributed by atoms with van der Waals surface area (Å²) < 4.78 is 5.17. The first-order valence-electron chi connectivity index (χ1n) is 5.47. The second kappa shape index (κ2) is 5.54. The molecule has 1 N–H and O–H groups in total. The minimum Gasteiger partial charge on any atom is -0.496 e. The molecule has 3 heteroatoms. The Balaban J connectivity index is 2.84. The van der Waals surface area contributed by atoms with E-state index in [-0.39, 0.29) is 5.91 Å². The van der Waals surface area contributed by atoms with Crippen molar-refractivity contribution in [2.45, 2.75) is 20.8 Å². The van der Waals surface area contributed by atoms with E-state index in [1.165, 1.54) is 0 Å². The van der Waals surface area contributed by atoms with Gasteiger partial charge in [0.05, 0.1) is 12.7 Å². The van der Waals surface area contributed by atoms with Crippen LogP contribution in [0.1, 0.15) is 29.8 Å². The Labute approximate surface area is 96.8 Å². The number of carbonyl (C=O) groups is 1. The summed E-state index contributed by atoms with van der Waals surface area (Å²) in [5.41, 5.74) is 1.65. The van der Waals surface area contributed by atoms with Crippen LogP contribution in [0.4, 0.5) is 0 Å². The molecule has 0 aromatic heterocycles. The lowest BCUT2D eigenvalue weighted by atomic mass is 10.1. The zero-order valence-electron chi connectivity index (χ0n) is 10.3. The Morgan fingerprint density at radius 1 is 1.44 bits per heavy atom. The van der Waals surface area contributed by atoms with Crippen molar-refractivity contribution in [2.24, 2.45) is 5.92 Å². The molecule has 88 valence electrons. The molecular weight excluding hydrogens is 202 g/mol. The van der Waals surface area contributed by atoms with Gasteiger partial charge in [0.1, 0.15) is 5.75 Å². The van der Waals surface area contributed by atoms with Gasteiger partial charge in [0.2, 0.25) is 0 Å². The number of hydrogen-bond acceptors (Lipinski definition) is 2. The van der Waals surface area contributed by atoms with Crippen molar-refractivity contribution in [1.82, 2.24) is 5.32 Å². The molecule has 0 bridgehead atoms. The third-order valence-electron chi connectivity index (χ3n) is 2.27. The Kier molecular flexibility index (Phi) is 4.35. The highest BCUT2D eigenvalue weighted by Crippen LogP contribution is 2.19. The van der Waals surface area contributed by atoms with Crippen LogP contribution in [0.25, 0.3) is 0 Å². The molecule has 0 atom stereocenters. The highest BCUT2D eigenvalue weighted by Gasteiger charge is 2.12. The number of rotatable bonds is 4. The molecule has 0 aliphatic carbocycles. The third kappa shape index (κ3) is 3.26. The first-order chi connectivity index (χ1) is 7.54. The maximum atomic E-state index is 11.9. The summed E-state index contributed by atoms with van der Waals surface area (Å²) in [6, 6.07) is 5.59. The second-order valence-electron chi connectivity index (χ2n) is 4.31. The number of aryl methyl sites for hydroxylation is 1. The van der Waals surface area contributed by atoms with Crippen molar-refractivity contribution in [3.63, 3.8) is 0 Å². The van der Waals surface area contributed by atoms with Crippen LogP contribution in [-0.2, 0) is 0 Å². The first kappa shape index (κ1) is 12.6. The summed E-state index contributed by atoms with van der Waals surface area (Å²) >= 11 is 0. The SMILES string of the molecule is COc1ccc(C)cc1C(=O)NCC(C)C. The normalized spacial score (nSPS) is 10.3. The number of ether oxygens (including phenoxy) is 1. The molecule has 16 heavy (non-hydrogen) atoms. The lowest BCUT2D eigenvalue weighted by Gasteiger charge is -2.11. The summed E-state index contributed by atoms with van der Waals surface area (Å²) in [6.07, 6.45) is 0. The summed E-state index contributed by atoms with van der Waals surface area (Å²) in [5.74, 6) is 0.987. The fourth-order valence-electron chi connectivity index (χ4n) is 1.39. The van der Waals surface area contributed by atoms with E-state index in [1.54, 1.807) is 7.11 Å². The minimum absolute atomic E-state index is 0.0748. The van der Waals surface area contributed by atoms with Crippen molar-refractivity contribution in [3.05, 3.63) is 29.3 Å². The zero-order chi connectivity index (χ0) is 12.1. The zero-order valence-corrected chi connectivity index (χ0v) is 10.3. The van der Waals surface area contributed by atoms with Gasteiger partial charge in [-0.05, 0) is 25.0 Å². The van der Waals surface area contributed by atoms with Gasteiger partial charge in [0.25, 0.3) is 5.91 Å². The second-order valence-corrected chi connectivity index (χ2v) is 4.31. The smallest absolute Gasteiger partial charge is 0.255 e. The Bertz CT molecular complexity index is 372. The molecule has 0 aliphatic heterocycles. The Morgan fingerprint density at radius 2 is 2.12 bits per heavy atom. The summed E-state index contributed by atoms with van der Waals surface area (Å²) in [7, 11) is 1.57. The molecule has 1 rings (SSSR count). The molecule has 0 heterocycles. The maximum Gasteiger partial charge on any atom is 0.255 e. The van der Waals surface area contributed by atoms with E-state index >= 15 is 0 Å². The van der Waals surface area contributed by atoms with Crippen molar-refractivity contribution < 1.29 is 9.53 Å². The highest BCUT2D eigenvalue weighted by molar-refractivity contribution is 5.97. The number of amides is 1. The number of hydrogen-bond donors (Lipinski definition) is 1. The molecule has 0 saturated carbocycles. The molecule has 0 radical (unpaired) electrons. The highest BCUT2D eigenvalue weighted by atomic mass is 16.5. The van der Waals surface area contributed by atoms with Gasteiger partial charge in [-0.1, -0.05) is 25.5 Å². The average molecular weight is 221 g/mol. The lowest BCUT2D eigenvalue weighted by molar-refractivity contribution is 0.0946. The van der Waals surface area contributed by atoms with Crippen LogP contribution in [0.5, 0.6) is 5.75 Å². The number of benzene rings is 1. The fraction of sp³-hybridized carbons (Fsp3) is 0.462. The van der Waals surface area contributed by atoms with Crippen molar-refractivity contribution in [1.29, 1.82) is 0 Å². The maximum absolute atomic E-state index is 11.9. The summed E-state index contributed by atoms with van der Waals surface area (Å²) in [4.78, 5) is 11.9. The van der Waals surface area contributed by atoms with E-state index in [0.29, 0.717) is 23.8 Å². The predicted molar refractivity (Wildman–Crippen MR) is 64.9 cm³/mol. The minimum atomic E-state index is -0.0748. The predicted octanol–water partition coefficient (Wildman–Crippen LogP) is 2.39. The van der Waals surface area contributed by atoms with E-state index in [4.69, 9.17) is 4.74 Å². The van der Waals surface area contributed by atoms with Gasteiger partial charge in [-0.3, -0.25) is 4.79 Å². The number of nitrogens with one attached hydrogen (secondary N) is 1. The molecule has 0 aliphatic rings. The molecule has 1 amide bonds. The first-order valence-corrected chi connectivity index (χ1v) is 5.47. The van der Waals surface area contributed by atoms with E-state index in [2.05, 4.69) is 19.2 Å². The summed E-state index contributed by atoms with van der Waals surface area (Å²) in [5, 5.41) is 2.88. The molecule has 1 aromatic rings. The Hall–Kier alpha value is -1.51. The number of methoxy groups -OCH3 is 1. The van der Waals surface area contributed by atoms with Crippen molar-refractivity contribution in [3.8, 4) is 5.75 Å². The van der Waals surface area contributed by atoms with Crippen LogP contribution in [0.2, 0.25) is 0 Å². The molecular formula is C13H19NO2. The van der Waals surface area contributed by atoms with Crippen LogP contribution in [-0.4, -0.2) is 19.6 Å². The molecule has 0 saturated heterocycles. The molecule has 0 spiro atoms. The van der Waals surface area contributed by atoms with E-state index in [0.717, 1.165) is 5.56 Å². The van der Waals surface area contributed by atoms with Crippen molar-refractivity contribution >= 4 is 5.91 Å². The quantitative estimate of drug-likeness (QED) is 0.847. The van der Waals surface area contributed by atoms with Crippen molar-refractivity contribution in [2.75, 3.05) is 13.7 Å². The van der Waals surface area contributed by atoms with Gasteiger partial charge in [0.15, 0.2) is 0 Å². The standard InChI is InChI=1S/C13H19NO2/c1-9(2)8-14-13(15)11-7-10(3)5-6-12(11)16-4/h5-7,9H,8H2,1-4H3,(H,14,15). The van der Waals surface area contributed by atoms with Gasteiger partial charge < -0.3 is 10.1 Å². The Morgan fingerprint density at radius 3 is 2.69 bits per heavy atom. The van der Waals surface area contributed by atoms with E-state index in [1.807, 2.05) is 25.1 Å². The lowest BCUT2D eigenvalue weighted by Crippen LogP contribution is -2.27. The van der Waals surface area contributed by atoms with Gasteiger partial charge in [-0.25, -0.2) is 0 Å². The van der Waals surface area contributed by atoms with Crippen LogP contribution in [0, 0.1) is 12.8 Å². The van der Waals surface area contributed by atoms with Crippen LogP contribution >= 0.6 is 0 Å². The molecule has 3 nitrogen and oxygen atoms in total. The van der Waals surface area contributed by atoms with E-state index in [9.17, 15) is 4.79 Å². The molecule has 0 unspecified atom stereocenters. The topological polar surface area (TPSA) is 38.3 Å². The molecule has 1 aromatic carbocycles. The van der Waals surface area contributed by atoms with Gasteiger partial charge in [-0.15, -0.1) is 0 Å². The van der Waals surface area contributed by atoms with E-state index < -0.39 is 0 Å². The average Bonchev–Trinajstić information content (AvgIpc) is 2.25. The van der Waals surface area contributed by atoms with Crippen LogP contribution in [0.15, 0.2) is 18.2 Å². The largest absolute Gasteiger partial charge is 0.496 e. The van der Waals surface area contributed by atoms with Gasteiger partial charge >= 0.3 is 0 Å². The third-order valence-corrected chi connectivity index (χ3v) is 2.27. The van der Waals surface area contributed by atoms with Crippen LogP contribution < -0.4 is 10.1 Å². The monoisotopic (exact) mass is 221 g/mol. The summed E-state index contributed by atoms with van der Waals surface area (Å²) in [6.45, 7) is 6.76. The number of carbonyl (C=O) groups excluding carboxylic acids is 1.